The molecule has 1 aromatic rings. The van der Waals surface area contributed by atoms with Gasteiger partial charge in [0, 0.05) is 25.2 Å². The number of hydrogen-bond acceptors (Lipinski definition) is 2. The smallest absolute Gasteiger partial charge is 0.328 e. The number of carbonyl (C=O) groups excluding carboxylic acids is 1. The molecule has 0 spiro atoms. The average Bonchev–Trinajstić information content (AvgIpc) is 2.69. The maximum atomic E-state index is 11.3. The molecule has 0 bridgehead atoms. The van der Waals surface area contributed by atoms with Gasteiger partial charge in [0.2, 0.25) is 5.91 Å². The molecule has 0 saturated carbocycles. The quantitative estimate of drug-likeness (QED) is 0.788. The Kier molecular flexibility index (Phi) is 2.95. The summed E-state index contributed by atoms with van der Waals surface area (Å²) in [6.45, 7) is 2.25. The van der Waals surface area contributed by atoms with Gasteiger partial charge in [-0.1, -0.05) is 6.07 Å². The Labute approximate surface area is 99.2 Å². The first-order valence-corrected chi connectivity index (χ1v) is 5.40. The Balaban J connectivity index is 2.28. The first-order valence-electron chi connectivity index (χ1n) is 5.40. The van der Waals surface area contributed by atoms with Crippen LogP contribution < -0.4 is 4.90 Å². The van der Waals surface area contributed by atoms with E-state index in [2.05, 4.69) is 0 Å². The Morgan fingerprint density at radius 1 is 1.41 bits per heavy atom. The zero-order valence-electron chi connectivity index (χ0n) is 9.51. The predicted octanol–water partition coefficient (Wildman–Crippen LogP) is 1.69. The second-order valence-electron chi connectivity index (χ2n) is 3.98. The van der Waals surface area contributed by atoms with Gasteiger partial charge in [-0.2, -0.15) is 0 Å². The van der Waals surface area contributed by atoms with Crippen molar-refractivity contribution < 1.29 is 14.7 Å². The third-order valence-electron chi connectivity index (χ3n) is 2.80. The van der Waals surface area contributed by atoms with Gasteiger partial charge >= 0.3 is 5.97 Å². The molecule has 1 aromatic carbocycles. The Bertz CT molecular complexity index is 505. The standard InChI is InChI=1S/C13H13NO3/c1-9(15)14-7-6-11-8-10(2-4-12(11)14)3-5-13(16)17/h2-5,8H,6-7H2,1H3,(H,16,17)/b5-3+. The van der Waals surface area contributed by atoms with Gasteiger partial charge < -0.3 is 10.0 Å². The van der Waals surface area contributed by atoms with E-state index >= 15 is 0 Å². The number of fused-ring (bicyclic) bond motifs is 1. The molecular formula is C13H13NO3. The van der Waals surface area contributed by atoms with Crippen molar-refractivity contribution in [2.45, 2.75) is 13.3 Å². The topological polar surface area (TPSA) is 57.6 Å². The minimum absolute atomic E-state index is 0.0394. The van der Waals surface area contributed by atoms with Crippen molar-refractivity contribution in [3.63, 3.8) is 0 Å². The number of carboxylic acids is 1. The van der Waals surface area contributed by atoms with Crippen LogP contribution in [-0.4, -0.2) is 23.5 Å². The van der Waals surface area contributed by atoms with Crippen molar-refractivity contribution in [1.82, 2.24) is 0 Å². The summed E-state index contributed by atoms with van der Waals surface area (Å²) in [7, 11) is 0. The molecule has 1 aliphatic heterocycles. The normalized spacial score (nSPS) is 14.1. The Morgan fingerprint density at radius 3 is 2.82 bits per heavy atom. The molecule has 0 aromatic heterocycles. The van der Waals surface area contributed by atoms with Gasteiger partial charge in [0.15, 0.2) is 0 Å². The van der Waals surface area contributed by atoms with Gasteiger partial charge in [-0.25, -0.2) is 4.79 Å². The number of aliphatic carboxylic acids is 1. The van der Waals surface area contributed by atoms with E-state index < -0.39 is 5.97 Å². The monoisotopic (exact) mass is 231 g/mol. The van der Waals surface area contributed by atoms with Crippen LogP contribution in [0, 0.1) is 0 Å². The number of carbonyl (C=O) groups is 2. The molecule has 1 amide bonds. The number of rotatable bonds is 2. The van der Waals surface area contributed by atoms with Gasteiger partial charge in [-0.05, 0) is 35.8 Å². The predicted molar refractivity (Wildman–Crippen MR) is 64.8 cm³/mol. The Morgan fingerprint density at radius 2 is 2.18 bits per heavy atom. The van der Waals surface area contributed by atoms with Crippen LogP contribution in [0.5, 0.6) is 0 Å². The summed E-state index contributed by atoms with van der Waals surface area (Å²) in [4.78, 5) is 23.5. The highest BCUT2D eigenvalue weighted by Crippen LogP contribution is 2.29. The largest absolute Gasteiger partial charge is 0.478 e. The number of benzene rings is 1. The molecule has 1 aliphatic rings. The van der Waals surface area contributed by atoms with Crippen molar-refractivity contribution >= 4 is 23.6 Å². The summed E-state index contributed by atoms with van der Waals surface area (Å²) in [5.41, 5.74) is 2.87. The van der Waals surface area contributed by atoms with Crippen LogP contribution in [0.1, 0.15) is 18.1 Å². The summed E-state index contributed by atoms with van der Waals surface area (Å²) in [5, 5.41) is 8.54. The number of nitrogens with zero attached hydrogens (tertiary/aromatic N) is 1. The minimum atomic E-state index is -0.962. The first-order chi connectivity index (χ1) is 8.08. The molecule has 17 heavy (non-hydrogen) atoms. The van der Waals surface area contributed by atoms with E-state index in [9.17, 15) is 9.59 Å². The molecule has 1 N–H and O–H groups in total. The summed E-state index contributed by atoms with van der Waals surface area (Å²) in [6, 6.07) is 5.61. The molecule has 0 atom stereocenters. The van der Waals surface area contributed by atoms with E-state index in [4.69, 9.17) is 5.11 Å². The Hall–Kier alpha value is -2.10. The van der Waals surface area contributed by atoms with Gasteiger partial charge in [-0.3, -0.25) is 4.79 Å². The van der Waals surface area contributed by atoms with Crippen molar-refractivity contribution in [2.75, 3.05) is 11.4 Å². The van der Waals surface area contributed by atoms with Crippen molar-refractivity contribution in [3.05, 3.63) is 35.4 Å². The van der Waals surface area contributed by atoms with Gasteiger partial charge in [0.05, 0.1) is 0 Å². The van der Waals surface area contributed by atoms with E-state index in [-0.39, 0.29) is 5.91 Å². The number of anilines is 1. The van der Waals surface area contributed by atoms with Gasteiger partial charge in [0.1, 0.15) is 0 Å². The molecule has 0 radical (unpaired) electrons. The van der Waals surface area contributed by atoms with Crippen molar-refractivity contribution in [1.29, 1.82) is 0 Å². The highest BCUT2D eigenvalue weighted by Gasteiger charge is 2.21. The second kappa shape index (κ2) is 4.41. The fourth-order valence-corrected chi connectivity index (χ4v) is 2.02. The molecule has 1 heterocycles. The van der Waals surface area contributed by atoms with Crippen LogP contribution in [0.4, 0.5) is 5.69 Å². The summed E-state index contributed by atoms with van der Waals surface area (Å²) in [5.74, 6) is -0.923. The van der Waals surface area contributed by atoms with Crippen LogP contribution in [0.2, 0.25) is 0 Å². The summed E-state index contributed by atoms with van der Waals surface area (Å²) >= 11 is 0. The van der Waals surface area contributed by atoms with Gasteiger partial charge in [0.25, 0.3) is 0 Å². The van der Waals surface area contributed by atoms with Crippen LogP contribution in [-0.2, 0) is 16.0 Å². The van der Waals surface area contributed by atoms with E-state index in [0.29, 0.717) is 6.54 Å². The highest BCUT2D eigenvalue weighted by molar-refractivity contribution is 5.94. The summed E-state index contributed by atoms with van der Waals surface area (Å²) < 4.78 is 0. The molecule has 0 saturated heterocycles. The SMILES string of the molecule is CC(=O)N1CCc2cc(/C=C/C(=O)O)ccc21. The van der Waals surface area contributed by atoms with Crippen molar-refractivity contribution in [2.24, 2.45) is 0 Å². The molecule has 0 unspecified atom stereocenters. The minimum Gasteiger partial charge on any atom is -0.478 e. The highest BCUT2D eigenvalue weighted by atomic mass is 16.4. The third-order valence-corrected chi connectivity index (χ3v) is 2.80. The van der Waals surface area contributed by atoms with Crippen LogP contribution in [0.3, 0.4) is 0 Å². The lowest BCUT2D eigenvalue weighted by molar-refractivity contribution is -0.131. The van der Waals surface area contributed by atoms with E-state index in [0.717, 1.165) is 29.3 Å². The third kappa shape index (κ3) is 2.36. The molecule has 4 heteroatoms. The lowest BCUT2D eigenvalue weighted by Crippen LogP contribution is -2.25. The molecule has 4 nitrogen and oxygen atoms in total. The average molecular weight is 231 g/mol. The number of amides is 1. The fraction of sp³-hybridized carbons (Fsp3) is 0.231. The molecule has 88 valence electrons. The number of carboxylic acid groups (broad SMARTS) is 1. The molecule has 2 rings (SSSR count). The maximum Gasteiger partial charge on any atom is 0.328 e. The lowest BCUT2D eigenvalue weighted by Gasteiger charge is -2.14. The molecule has 0 aliphatic carbocycles. The van der Waals surface area contributed by atoms with Crippen molar-refractivity contribution in [3.8, 4) is 0 Å². The zero-order valence-corrected chi connectivity index (χ0v) is 9.51. The maximum absolute atomic E-state index is 11.3. The van der Waals surface area contributed by atoms with Crippen LogP contribution >= 0.6 is 0 Å². The van der Waals surface area contributed by atoms with E-state index in [1.807, 2.05) is 18.2 Å². The van der Waals surface area contributed by atoms with E-state index in [1.54, 1.807) is 17.9 Å². The fourth-order valence-electron chi connectivity index (χ4n) is 2.02. The molecule has 0 fully saturated rings. The first kappa shape index (κ1) is 11.4. The van der Waals surface area contributed by atoms with Crippen LogP contribution in [0.15, 0.2) is 24.3 Å². The zero-order chi connectivity index (χ0) is 12.4. The van der Waals surface area contributed by atoms with Gasteiger partial charge in [-0.15, -0.1) is 0 Å². The summed E-state index contributed by atoms with van der Waals surface area (Å²) in [6.07, 6.45) is 3.49. The second-order valence-corrected chi connectivity index (χ2v) is 3.98. The lowest BCUT2D eigenvalue weighted by atomic mass is 10.1. The van der Waals surface area contributed by atoms with E-state index in [1.165, 1.54) is 0 Å². The number of hydrogen-bond donors (Lipinski definition) is 1. The molecular weight excluding hydrogens is 218 g/mol. The van der Waals surface area contributed by atoms with Crippen LogP contribution in [0.25, 0.3) is 6.08 Å².